The van der Waals surface area contributed by atoms with Gasteiger partial charge >= 0.3 is 0 Å². The van der Waals surface area contributed by atoms with Crippen molar-refractivity contribution >= 4 is 0 Å². The number of nitrogens with one attached hydrogen (secondary N) is 1. The molecule has 0 aromatic heterocycles. The number of rotatable bonds is 10. The van der Waals surface area contributed by atoms with Gasteiger partial charge in [0.15, 0.2) is 0 Å². The Bertz CT molecular complexity index is 280. The van der Waals surface area contributed by atoms with Crippen molar-refractivity contribution in [2.24, 2.45) is 11.8 Å². The van der Waals surface area contributed by atoms with E-state index in [9.17, 15) is 5.11 Å². The lowest BCUT2D eigenvalue weighted by atomic mass is 9.85. The van der Waals surface area contributed by atoms with Crippen molar-refractivity contribution in [1.29, 1.82) is 0 Å². The molecule has 0 heterocycles. The Morgan fingerprint density at radius 1 is 1.14 bits per heavy atom. The molecule has 0 radical (unpaired) electrons. The molecule has 124 valence electrons. The Balaban J connectivity index is 1.60. The van der Waals surface area contributed by atoms with Crippen molar-refractivity contribution < 1.29 is 9.84 Å². The van der Waals surface area contributed by atoms with E-state index in [4.69, 9.17) is 4.74 Å². The molecular weight excluding hydrogens is 262 g/mol. The molecule has 2 fully saturated rings. The normalized spacial score (nSPS) is 29.3. The molecule has 2 rings (SSSR count). The van der Waals surface area contributed by atoms with Crippen LogP contribution >= 0.6 is 0 Å². The van der Waals surface area contributed by atoms with Crippen molar-refractivity contribution in [1.82, 2.24) is 5.32 Å². The average molecular weight is 297 g/mol. The van der Waals surface area contributed by atoms with Gasteiger partial charge in [0.1, 0.15) is 0 Å². The van der Waals surface area contributed by atoms with Gasteiger partial charge in [0.05, 0.1) is 18.8 Å². The Kier molecular flexibility index (Phi) is 7.48. The second-order valence-corrected chi connectivity index (χ2v) is 7.17. The van der Waals surface area contributed by atoms with Gasteiger partial charge in [-0.2, -0.15) is 0 Å². The topological polar surface area (TPSA) is 41.5 Å². The first-order valence-electron chi connectivity index (χ1n) is 9.25. The van der Waals surface area contributed by atoms with E-state index < -0.39 is 0 Å². The summed E-state index contributed by atoms with van der Waals surface area (Å²) in [5, 5.41) is 13.7. The minimum absolute atomic E-state index is 0.363. The second-order valence-electron chi connectivity index (χ2n) is 7.17. The fraction of sp³-hybridized carbons (Fsp3) is 1.00. The minimum Gasteiger partial charge on any atom is -0.389 e. The molecule has 0 spiro atoms. The lowest BCUT2D eigenvalue weighted by Gasteiger charge is -2.31. The third-order valence-corrected chi connectivity index (χ3v) is 5.32. The molecule has 4 atom stereocenters. The molecule has 2 aliphatic rings. The van der Waals surface area contributed by atoms with Gasteiger partial charge in [-0.3, -0.25) is 0 Å². The summed E-state index contributed by atoms with van der Waals surface area (Å²) in [7, 11) is 0. The van der Waals surface area contributed by atoms with Crippen LogP contribution in [0.15, 0.2) is 0 Å². The largest absolute Gasteiger partial charge is 0.389 e. The molecule has 0 saturated heterocycles. The highest BCUT2D eigenvalue weighted by atomic mass is 16.5. The highest BCUT2D eigenvalue weighted by Crippen LogP contribution is 2.34. The first-order chi connectivity index (χ1) is 10.2. The highest BCUT2D eigenvalue weighted by Gasteiger charge is 2.26. The Morgan fingerprint density at radius 3 is 2.57 bits per heavy atom. The number of aliphatic hydroxyl groups excluding tert-OH is 1. The third kappa shape index (κ3) is 6.25. The average Bonchev–Trinajstić information content (AvgIpc) is 3.33. The smallest absolute Gasteiger partial charge is 0.0897 e. The van der Waals surface area contributed by atoms with E-state index in [1.54, 1.807) is 0 Å². The maximum Gasteiger partial charge on any atom is 0.0897 e. The molecule has 0 aliphatic heterocycles. The summed E-state index contributed by atoms with van der Waals surface area (Å²) >= 11 is 0. The zero-order valence-electron chi connectivity index (χ0n) is 14.0. The van der Waals surface area contributed by atoms with Crippen LogP contribution in [0.3, 0.4) is 0 Å². The highest BCUT2D eigenvalue weighted by molar-refractivity contribution is 4.80. The van der Waals surface area contributed by atoms with Crippen LogP contribution in [-0.4, -0.2) is 36.5 Å². The van der Waals surface area contributed by atoms with E-state index in [1.165, 1.54) is 51.4 Å². The summed E-state index contributed by atoms with van der Waals surface area (Å²) in [5.74, 6) is 1.65. The third-order valence-electron chi connectivity index (χ3n) is 5.32. The van der Waals surface area contributed by atoms with Gasteiger partial charge in [0.25, 0.3) is 0 Å². The van der Waals surface area contributed by atoms with E-state index >= 15 is 0 Å². The summed E-state index contributed by atoms with van der Waals surface area (Å²) in [6.45, 7) is 5.66. The van der Waals surface area contributed by atoms with Crippen LogP contribution in [0.5, 0.6) is 0 Å². The predicted molar refractivity (Wildman–Crippen MR) is 87.4 cm³/mol. The zero-order chi connectivity index (χ0) is 15.1. The SMILES string of the molecule is CCC(CC1CC1)NCC(O)COC1CCCCC1CC. The van der Waals surface area contributed by atoms with Crippen LogP contribution in [0.25, 0.3) is 0 Å². The molecule has 2 N–H and O–H groups in total. The number of hydrogen-bond donors (Lipinski definition) is 2. The van der Waals surface area contributed by atoms with E-state index in [0.29, 0.717) is 31.2 Å². The van der Waals surface area contributed by atoms with Gasteiger partial charge in [-0.1, -0.05) is 46.0 Å². The fourth-order valence-electron chi connectivity index (χ4n) is 3.61. The van der Waals surface area contributed by atoms with E-state index in [0.717, 1.165) is 12.3 Å². The Morgan fingerprint density at radius 2 is 1.90 bits per heavy atom. The fourth-order valence-corrected chi connectivity index (χ4v) is 3.61. The van der Waals surface area contributed by atoms with Crippen LogP contribution < -0.4 is 5.32 Å². The maximum atomic E-state index is 10.1. The lowest BCUT2D eigenvalue weighted by Crippen LogP contribution is -2.39. The molecule has 0 bridgehead atoms. The second kappa shape index (κ2) is 9.12. The van der Waals surface area contributed by atoms with E-state index in [1.807, 2.05) is 0 Å². The van der Waals surface area contributed by atoms with Gasteiger partial charge < -0.3 is 15.2 Å². The van der Waals surface area contributed by atoms with Gasteiger partial charge in [0, 0.05) is 12.6 Å². The molecule has 0 aromatic carbocycles. The first kappa shape index (κ1) is 17.2. The molecule has 0 aromatic rings. The number of ether oxygens (including phenoxy) is 1. The number of hydrogen-bond acceptors (Lipinski definition) is 3. The molecular formula is C18H35NO2. The van der Waals surface area contributed by atoms with Gasteiger partial charge in [0.2, 0.25) is 0 Å². The quantitative estimate of drug-likeness (QED) is 0.648. The van der Waals surface area contributed by atoms with Crippen LogP contribution in [0.4, 0.5) is 0 Å². The van der Waals surface area contributed by atoms with Crippen LogP contribution in [0, 0.1) is 11.8 Å². The summed E-state index contributed by atoms with van der Waals surface area (Å²) in [6, 6.07) is 0.574. The zero-order valence-corrected chi connectivity index (χ0v) is 14.0. The van der Waals surface area contributed by atoms with Crippen molar-refractivity contribution in [2.45, 2.75) is 89.9 Å². The Hall–Kier alpha value is -0.120. The molecule has 3 nitrogen and oxygen atoms in total. The molecule has 4 unspecified atom stereocenters. The summed E-state index contributed by atoms with van der Waals surface area (Å²) in [5.41, 5.74) is 0. The van der Waals surface area contributed by atoms with Crippen LogP contribution in [0.2, 0.25) is 0 Å². The number of aliphatic hydroxyl groups is 1. The van der Waals surface area contributed by atoms with Crippen LogP contribution in [-0.2, 0) is 4.74 Å². The lowest BCUT2D eigenvalue weighted by molar-refractivity contribution is -0.0504. The maximum absolute atomic E-state index is 10.1. The van der Waals surface area contributed by atoms with E-state index in [2.05, 4.69) is 19.2 Å². The van der Waals surface area contributed by atoms with Crippen molar-refractivity contribution in [2.75, 3.05) is 13.2 Å². The van der Waals surface area contributed by atoms with Gasteiger partial charge in [-0.05, 0) is 37.5 Å². The monoisotopic (exact) mass is 297 g/mol. The first-order valence-corrected chi connectivity index (χ1v) is 9.25. The Labute approximate surface area is 130 Å². The summed E-state index contributed by atoms with van der Waals surface area (Å²) in [4.78, 5) is 0. The van der Waals surface area contributed by atoms with Crippen molar-refractivity contribution in [3.05, 3.63) is 0 Å². The van der Waals surface area contributed by atoms with E-state index in [-0.39, 0.29) is 6.10 Å². The van der Waals surface area contributed by atoms with Crippen LogP contribution in [0.1, 0.15) is 71.6 Å². The standard InChI is InChI=1S/C18H35NO2/c1-3-15-7-5-6-8-18(15)21-13-17(20)12-19-16(4-2)11-14-9-10-14/h14-20H,3-13H2,1-2H3. The predicted octanol–water partition coefficient (Wildman–Crippen LogP) is 3.50. The summed E-state index contributed by atoms with van der Waals surface area (Å²) < 4.78 is 6.02. The molecule has 3 heteroatoms. The molecule has 2 aliphatic carbocycles. The molecule has 21 heavy (non-hydrogen) atoms. The summed E-state index contributed by atoms with van der Waals surface area (Å²) in [6.07, 6.45) is 11.6. The molecule has 2 saturated carbocycles. The van der Waals surface area contributed by atoms with Crippen molar-refractivity contribution in [3.63, 3.8) is 0 Å². The van der Waals surface area contributed by atoms with Crippen molar-refractivity contribution in [3.8, 4) is 0 Å². The molecule has 0 amide bonds. The minimum atomic E-state index is -0.363. The van der Waals surface area contributed by atoms with Gasteiger partial charge in [-0.25, -0.2) is 0 Å². The van der Waals surface area contributed by atoms with Gasteiger partial charge in [-0.15, -0.1) is 0 Å².